The Kier molecular flexibility index (Phi) is 7.55. The number of carbonyl (C=O) groups excluding carboxylic acids is 1. The average Bonchev–Trinajstić information content (AvgIpc) is 2.78. The summed E-state index contributed by atoms with van der Waals surface area (Å²) in [7, 11) is 1.57. The minimum Gasteiger partial charge on any atom is -0.506 e. The molecule has 10 heteroatoms. The number of anilines is 5. The molecule has 0 spiro atoms. The largest absolute Gasteiger partial charge is 0.506 e. The van der Waals surface area contributed by atoms with Crippen molar-refractivity contribution >= 4 is 34.7 Å². The summed E-state index contributed by atoms with van der Waals surface area (Å²) < 4.78 is 24.6. The van der Waals surface area contributed by atoms with E-state index < -0.39 is 5.82 Å². The zero-order chi connectivity index (χ0) is 22.9. The van der Waals surface area contributed by atoms with Crippen LogP contribution < -0.4 is 20.7 Å². The van der Waals surface area contributed by atoms with Gasteiger partial charge in [0.05, 0.1) is 18.5 Å². The summed E-state index contributed by atoms with van der Waals surface area (Å²) in [5.74, 6) is -0.690. The van der Waals surface area contributed by atoms with Gasteiger partial charge in [0.1, 0.15) is 18.1 Å². The Hall–Kier alpha value is -4.18. The van der Waals surface area contributed by atoms with E-state index in [-0.39, 0.29) is 23.4 Å². The molecular formula is C22H22FN5O4. The zero-order valence-corrected chi connectivity index (χ0v) is 17.3. The van der Waals surface area contributed by atoms with Crippen molar-refractivity contribution in [3.63, 3.8) is 0 Å². The number of rotatable bonds is 10. The summed E-state index contributed by atoms with van der Waals surface area (Å²) in [5, 5.41) is 18.5. The Balaban J connectivity index is 1.73. The second-order valence-corrected chi connectivity index (χ2v) is 6.43. The lowest BCUT2D eigenvalue weighted by Crippen LogP contribution is -2.07. The topological polar surface area (TPSA) is 118 Å². The molecule has 0 aliphatic heterocycles. The molecule has 0 aliphatic rings. The van der Waals surface area contributed by atoms with Crippen molar-refractivity contribution in [3.05, 3.63) is 67.1 Å². The molecule has 2 aromatic carbocycles. The van der Waals surface area contributed by atoms with Crippen molar-refractivity contribution in [1.29, 1.82) is 0 Å². The maximum absolute atomic E-state index is 14.3. The van der Waals surface area contributed by atoms with Gasteiger partial charge in [-0.15, -0.1) is 0 Å². The molecule has 1 amide bonds. The van der Waals surface area contributed by atoms with Crippen LogP contribution in [0.2, 0.25) is 0 Å². The SMILES string of the molecule is C=CC(=O)Nc1cccc(Nc2nc(Nc3ccc(OCCOC)cc3O)ncc2F)c1. The van der Waals surface area contributed by atoms with E-state index in [1.54, 1.807) is 43.5 Å². The number of halogens is 1. The van der Waals surface area contributed by atoms with Gasteiger partial charge in [0.15, 0.2) is 11.6 Å². The smallest absolute Gasteiger partial charge is 0.247 e. The second kappa shape index (κ2) is 10.7. The van der Waals surface area contributed by atoms with Crippen LogP contribution in [0.25, 0.3) is 0 Å². The molecule has 32 heavy (non-hydrogen) atoms. The van der Waals surface area contributed by atoms with Crippen LogP contribution in [0.4, 0.5) is 33.2 Å². The Morgan fingerprint density at radius 3 is 2.75 bits per heavy atom. The van der Waals surface area contributed by atoms with Crippen molar-refractivity contribution < 1.29 is 23.8 Å². The van der Waals surface area contributed by atoms with Gasteiger partial charge in [-0.3, -0.25) is 4.79 Å². The number of carbonyl (C=O) groups is 1. The van der Waals surface area contributed by atoms with Gasteiger partial charge < -0.3 is 30.5 Å². The third-order valence-electron chi connectivity index (χ3n) is 4.09. The fourth-order valence-electron chi connectivity index (χ4n) is 2.59. The average molecular weight is 439 g/mol. The van der Waals surface area contributed by atoms with Crippen molar-refractivity contribution in [2.45, 2.75) is 0 Å². The molecule has 0 aliphatic carbocycles. The van der Waals surface area contributed by atoms with Crippen molar-refractivity contribution in [2.24, 2.45) is 0 Å². The lowest BCUT2D eigenvalue weighted by molar-refractivity contribution is -0.111. The first-order chi connectivity index (χ1) is 15.5. The van der Waals surface area contributed by atoms with Crippen molar-refractivity contribution in [1.82, 2.24) is 9.97 Å². The van der Waals surface area contributed by atoms with Crippen LogP contribution in [0, 0.1) is 5.82 Å². The van der Waals surface area contributed by atoms with Crippen LogP contribution in [0.3, 0.4) is 0 Å². The van der Waals surface area contributed by atoms with Gasteiger partial charge in [-0.05, 0) is 36.4 Å². The molecule has 0 atom stereocenters. The van der Waals surface area contributed by atoms with Crippen LogP contribution in [-0.2, 0) is 9.53 Å². The van der Waals surface area contributed by atoms with Gasteiger partial charge in [0.25, 0.3) is 0 Å². The van der Waals surface area contributed by atoms with Gasteiger partial charge in [-0.2, -0.15) is 4.98 Å². The van der Waals surface area contributed by atoms with E-state index in [1.807, 2.05) is 0 Å². The number of phenols is 1. The molecule has 166 valence electrons. The predicted octanol–water partition coefficient (Wildman–Crippen LogP) is 3.96. The number of amides is 1. The Labute approximate surface area is 183 Å². The molecule has 0 radical (unpaired) electrons. The highest BCUT2D eigenvalue weighted by atomic mass is 19.1. The zero-order valence-electron chi connectivity index (χ0n) is 17.3. The maximum atomic E-state index is 14.3. The minimum atomic E-state index is -0.679. The fraction of sp³-hybridized carbons (Fsp3) is 0.136. The van der Waals surface area contributed by atoms with E-state index in [0.29, 0.717) is 36.0 Å². The summed E-state index contributed by atoms with van der Waals surface area (Å²) in [6.07, 6.45) is 2.15. The van der Waals surface area contributed by atoms with E-state index in [2.05, 4.69) is 32.5 Å². The first kappa shape index (κ1) is 22.5. The highest BCUT2D eigenvalue weighted by Gasteiger charge is 2.11. The number of hydrogen-bond acceptors (Lipinski definition) is 8. The molecule has 0 unspecified atom stereocenters. The molecule has 0 fully saturated rings. The number of methoxy groups -OCH3 is 1. The Bertz CT molecular complexity index is 1110. The second-order valence-electron chi connectivity index (χ2n) is 6.43. The molecule has 4 N–H and O–H groups in total. The van der Waals surface area contributed by atoms with Crippen LogP contribution in [0.15, 0.2) is 61.3 Å². The number of aromatic nitrogens is 2. The summed E-state index contributed by atoms with van der Waals surface area (Å²) in [5.41, 5.74) is 1.32. The number of aromatic hydroxyl groups is 1. The molecule has 3 aromatic rings. The standard InChI is InChI=1S/C22H22FN5O4/c1-3-20(30)25-14-5-4-6-15(11-14)26-21-17(23)13-24-22(28-21)27-18-8-7-16(12-19(18)29)32-10-9-31-2/h3-8,11-13,29H,1,9-10H2,2H3,(H,25,30)(H2,24,26,27,28). The first-order valence-electron chi connectivity index (χ1n) is 9.53. The van der Waals surface area contributed by atoms with E-state index in [9.17, 15) is 14.3 Å². The molecule has 1 aromatic heterocycles. The molecular weight excluding hydrogens is 417 g/mol. The van der Waals surface area contributed by atoms with Crippen molar-refractivity contribution in [3.8, 4) is 11.5 Å². The minimum absolute atomic E-state index is 0.0633. The van der Waals surface area contributed by atoms with Crippen LogP contribution in [0.1, 0.15) is 0 Å². The van der Waals surface area contributed by atoms with Gasteiger partial charge >= 0.3 is 0 Å². The maximum Gasteiger partial charge on any atom is 0.247 e. The summed E-state index contributed by atoms with van der Waals surface area (Å²) in [6.45, 7) is 4.16. The molecule has 3 rings (SSSR count). The van der Waals surface area contributed by atoms with E-state index >= 15 is 0 Å². The molecule has 9 nitrogen and oxygen atoms in total. The third kappa shape index (κ3) is 6.16. The fourth-order valence-corrected chi connectivity index (χ4v) is 2.59. The van der Waals surface area contributed by atoms with Crippen LogP contribution in [-0.4, -0.2) is 41.3 Å². The Morgan fingerprint density at radius 2 is 2.00 bits per heavy atom. The van der Waals surface area contributed by atoms with Gasteiger partial charge in [-0.1, -0.05) is 12.6 Å². The van der Waals surface area contributed by atoms with Crippen LogP contribution >= 0.6 is 0 Å². The molecule has 1 heterocycles. The number of hydrogen-bond donors (Lipinski definition) is 4. The number of ether oxygens (including phenoxy) is 2. The number of nitrogens with one attached hydrogen (secondary N) is 3. The normalized spacial score (nSPS) is 10.3. The molecule has 0 saturated heterocycles. The van der Waals surface area contributed by atoms with Gasteiger partial charge in [0.2, 0.25) is 11.9 Å². The number of benzene rings is 2. The number of nitrogens with zero attached hydrogens (tertiary/aromatic N) is 2. The summed E-state index contributed by atoms with van der Waals surface area (Å²) >= 11 is 0. The monoisotopic (exact) mass is 439 g/mol. The number of phenolic OH excluding ortho intramolecular Hbond substituents is 1. The van der Waals surface area contributed by atoms with Crippen molar-refractivity contribution in [2.75, 3.05) is 36.3 Å². The lowest BCUT2D eigenvalue weighted by Gasteiger charge is -2.12. The lowest BCUT2D eigenvalue weighted by atomic mass is 10.2. The van der Waals surface area contributed by atoms with E-state index in [4.69, 9.17) is 9.47 Å². The predicted molar refractivity (Wildman–Crippen MR) is 119 cm³/mol. The summed E-state index contributed by atoms with van der Waals surface area (Å²) in [6, 6.07) is 11.3. The quantitative estimate of drug-likeness (QED) is 0.213. The Morgan fingerprint density at radius 1 is 1.19 bits per heavy atom. The molecule has 0 saturated carbocycles. The third-order valence-corrected chi connectivity index (χ3v) is 4.09. The van der Waals surface area contributed by atoms with E-state index in [0.717, 1.165) is 12.3 Å². The highest BCUT2D eigenvalue weighted by Crippen LogP contribution is 2.30. The van der Waals surface area contributed by atoms with Crippen LogP contribution in [0.5, 0.6) is 11.5 Å². The summed E-state index contributed by atoms with van der Waals surface area (Å²) in [4.78, 5) is 19.5. The molecule has 0 bridgehead atoms. The van der Waals surface area contributed by atoms with E-state index in [1.165, 1.54) is 6.07 Å². The first-order valence-corrected chi connectivity index (χ1v) is 9.53. The van der Waals surface area contributed by atoms with Gasteiger partial charge in [-0.25, -0.2) is 9.37 Å². The van der Waals surface area contributed by atoms with Gasteiger partial charge in [0, 0.05) is 24.6 Å². The highest BCUT2D eigenvalue weighted by molar-refractivity contribution is 5.99.